The summed E-state index contributed by atoms with van der Waals surface area (Å²) in [6.07, 6.45) is -4.50. The first-order chi connectivity index (χ1) is 20.8. The summed E-state index contributed by atoms with van der Waals surface area (Å²) in [5, 5.41) is 24.4. The van der Waals surface area contributed by atoms with E-state index < -0.39 is 69.0 Å². The van der Waals surface area contributed by atoms with Gasteiger partial charge in [-0.25, -0.2) is 24.5 Å². The summed E-state index contributed by atoms with van der Waals surface area (Å²) in [6.45, 7) is 6.50. The molecule has 6 atom stereocenters. The molecule has 0 amide bonds. The van der Waals surface area contributed by atoms with Gasteiger partial charge in [-0.15, -0.1) is 0 Å². The molecule has 0 spiro atoms. The van der Waals surface area contributed by atoms with Crippen LogP contribution in [0.25, 0.3) is 0 Å². The van der Waals surface area contributed by atoms with Gasteiger partial charge in [0.1, 0.15) is 29.6 Å². The highest BCUT2D eigenvalue weighted by Gasteiger charge is 2.54. The minimum atomic E-state index is -4.30. The molecule has 4 N–H and O–H groups in total. The van der Waals surface area contributed by atoms with E-state index in [-0.39, 0.29) is 24.3 Å². The van der Waals surface area contributed by atoms with Crippen molar-refractivity contribution in [2.75, 3.05) is 25.5 Å². The third-order valence-electron chi connectivity index (χ3n) is 5.95. The number of aliphatic hydroxyl groups is 2. The van der Waals surface area contributed by atoms with E-state index in [1.807, 2.05) is 0 Å². The predicted molar refractivity (Wildman–Crippen MR) is 151 cm³/mol. The van der Waals surface area contributed by atoms with Gasteiger partial charge >= 0.3 is 25.6 Å². The van der Waals surface area contributed by atoms with Crippen molar-refractivity contribution in [3.63, 3.8) is 0 Å². The third kappa shape index (κ3) is 9.46. The quantitative estimate of drug-likeness (QED) is 0.0715. The number of carbonyl (C=O) groups excluding carboxylic acids is 2. The van der Waals surface area contributed by atoms with E-state index in [1.165, 1.54) is 38.2 Å². The van der Waals surface area contributed by atoms with Crippen molar-refractivity contribution < 1.29 is 57.2 Å². The maximum Gasteiger partial charge on any atom is 0.510 e. The smallest absolute Gasteiger partial charge is 0.465 e. The van der Waals surface area contributed by atoms with Crippen molar-refractivity contribution in [2.24, 2.45) is 0 Å². The molecule has 17 nitrogen and oxygen atoms in total. The summed E-state index contributed by atoms with van der Waals surface area (Å²) in [5.74, 6) is -0.607. The van der Waals surface area contributed by atoms with Crippen LogP contribution in [0.1, 0.15) is 40.8 Å². The van der Waals surface area contributed by atoms with Crippen molar-refractivity contribution in [3.05, 3.63) is 53.1 Å². The molecule has 1 fully saturated rings. The van der Waals surface area contributed by atoms with Crippen LogP contribution in [0.4, 0.5) is 10.6 Å². The number of esters is 1. The van der Waals surface area contributed by atoms with Crippen LogP contribution in [0.5, 0.6) is 5.75 Å². The van der Waals surface area contributed by atoms with Crippen LogP contribution in [-0.4, -0.2) is 81.9 Å². The van der Waals surface area contributed by atoms with E-state index in [0.717, 1.165) is 4.57 Å². The van der Waals surface area contributed by atoms with Gasteiger partial charge in [0.25, 0.3) is 0 Å². The number of benzene rings is 1. The number of aromatic nitrogens is 2. The summed E-state index contributed by atoms with van der Waals surface area (Å²) in [4.78, 5) is 45.0. The number of rotatable bonds is 15. The van der Waals surface area contributed by atoms with Gasteiger partial charge in [0, 0.05) is 6.20 Å². The highest BCUT2D eigenvalue weighted by atomic mass is 31.2. The lowest BCUT2D eigenvalue weighted by Gasteiger charge is -2.27. The van der Waals surface area contributed by atoms with E-state index in [9.17, 15) is 29.2 Å². The lowest BCUT2D eigenvalue weighted by Crippen LogP contribution is -2.46. The Morgan fingerprint density at radius 1 is 1.18 bits per heavy atom. The Labute approximate surface area is 252 Å². The van der Waals surface area contributed by atoms with Crippen LogP contribution in [0.2, 0.25) is 0 Å². The van der Waals surface area contributed by atoms with Gasteiger partial charge < -0.3 is 33.7 Å². The Bertz CT molecular complexity index is 1360. The maximum absolute atomic E-state index is 13.7. The van der Waals surface area contributed by atoms with E-state index in [2.05, 4.69) is 20.3 Å². The standard InChI is InChI=1S/C26H37N4O13P/c1-6-37-22(32)17(4)29-44(36,43-18-10-8-7-9-11-18)40-14-19-21(31)26(5,35)23(42-19)30-13-12-20(27-24(30)33)28-39-15-38-25(34)41-16(2)3/h7-13,16-17,19,21,23,31,35H,6,14-15H2,1-5H3,(H,29,36)(H,27,28,33)/t17?,19-,21-,23-,26-,44?/m1/s1. The first-order valence-electron chi connectivity index (χ1n) is 13.6. The zero-order valence-corrected chi connectivity index (χ0v) is 25.7. The largest absolute Gasteiger partial charge is 0.510 e. The fraction of sp³-hybridized carbons (Fsp3) is 0.538. The summed E-state index contributed by atoms with van der Waals surface area (Å²) in [5.41, 5.74) is -0.615. The fourth-order valence-corrected chi connectivity index (χ4v) is 5.37. The molecule has 0 saturated carbocycles. The maximum atomic E-state index is 13.7. The molecule has 3 rings (SSSR count). The molecule has 1 aromatic heterocycles. The molecule has 1 aromatic carbocycles. The number of nitrogens with zero attached hydrogens (tertiary/aromatic N) is 2. The summed E-state index contributed by atoms with van der Waals surface area (Å²) in [7, 11) is -4.30. The zero-order chi connectivity index (χ0) is 32.5. The minimum absolute atomic E-state index is 0.0639. The van der Waals surface area contributed by atoms with Crippen molar-refractivity contribution in [3.8, 4) is 5.75 Å². The van der Waals surface area contributed by atoms with E-state index in [1.54, 1.807) is 39.0 Å². The molecule has 0 bridgehead atoms. The molecule has 0 radical (unpaired) electrons. The van der Waals surface area contributed by atoms with Crippen molar-refractivity contribution in [1.82, 2.24) is 14.6 Å². The fourth-order valence-electron chi connectivity index (χ4n) is 3.87. The number of ether oxygens (including phenoxy) is 4. The molecule has 0 aliphatic carbocycles. The Morgan fingerprint density at radius 3 is 2.52 bits per heavy atom. The first-order valence-corrected chi connectivity index (χ1v) is 15.1. The van der Waals surface area contributed by atoms with Crippen LogP contribution in [0.15, 0.2) is 47.4 Å². The summed E-state index contributed by atoms with van der Waals surface area (Å²) >= 11 is 0. The predicted octanol–water partition coefficient (Wildman–Crippen LogP) is 1.86. The molecule has 2 unspecified atom stereocenters. The number of hydrogen-bond acceptors (Lipinski definition) is 15. The highest BCUT2D eigenvalue weighted by molar-refractivity contribution is 7.52. The molecule has 1 aliphatic heterocycles. The van der Waals surface area contributed by atoms with E-state index in [4.69, 9.17) is 28.1 Å². The Balaban J connectivity index is 1.68. The molecule has 1 saturated heterocycles. The minimum Gasteiger partial charge on any atom is -0.465 e. The zero-order valence-electron chi connectivity index (χ0n) is 24.8. The number of aliphatic hydroxyl groups excluding tert-OH is 1. The highest BCUT2D eigenvalue weighted by Crippen LogP contribution is 2.46. The molecule has 244 valence electrons. The topological polar surface area (TPSA) is 215 Å². The Morgan fingerprint density at radius 2 is 1.89 bits per heavy atom. The van der Waals surface area contributed by atoms with Crippen LogP contribution >= 0.6 is 7.75 Å². The van der Waals surface area contributed by atoms with Gasteiger partial charge in [-0.3, -0.25) is 13.9 Å². The van der Waals surface area contributed by atoms with Gasteiger partial charge in [-0.1, -0.05) is 18.2 Å². The van der Waals surface area contributed by atoms with E-state index >= 15 is 0 Å². The van der Waals surface area contributed by atoms with Crippen LogP contribution in [-0.2, 0) is 37.7 Å². The molecule has 18 heteroatoms. The lowest BCUT2D eigenvalue weighted by molar-refractivity contribution is -0.144. The second kappa shape index (κ2) is 15.4. The Hall–Kier alpha value is -3.57. The van der Waals surface area contributed by atoms with Crippen LogP contribution < -0.4 is 20.8 Å². The molecule has 2 heterocycles. The summed E-state index contributed by atoms with van der Waals surface area (Å²) in [6, 6.07) is 8.22. The third-order valence-corrected chi connectivity index (χ3v) is 7.59. The Kier molecular flexibility index (Phi) is 12.2. The van der Waals surface area contributed by atoms with Crippen LogP contribution in [0, 0.1) is 0 Å². The number of anilines is 1. The summed E-state index contributed by atoms with van der Waals surface area (Å²) < 4.78 is 45.9. The van der Waals surface area contributed by atoms with Gasteiger partial charge in [0.05, 0.1) is 19.3 Å². The second-order valence-electron chi connectivity index (χ2n) is 9.93. The van der Waals surface area contributed by atoms with Crippen molar-refractivity contribution >= 4 is 25.7 Å². The molecular weight excluding hydrogens is 607 g/mol. The van der Waals surface area contributed by atoms with Gasteiger partial charge in [0.2, 0.25) is 6.79 Å². The van der Waals surface area contributed by atoms with Crippen LogP contribution in [0.3, 0.4) is 0 Å². The van der Waals surface area contributed by atoms with E-state index in [0.29, 0.717) is 0 Å². The average Bonchev–Trinajstić information content (AvgIpc) is 3.18. The molecule has 2 aromatic rings. The van der Waals surface area contributed by atoms with Gasteiger partial charge in [-0.05, 0) is 52.8 Å². The normalized spacial score (nSPS) is 23.4. The monoisotopic (exact) mass is 644 g/mol. The second-order valence-corrected chi connectivity index (χ2v) is 11.6. The first kappa shape index (κ1) is 34.9. The van der Waals surface area contributed by atoms with Crippen molar-refractivity contribution in [2.45, 2.75) is 70.8 Å². The average molecular weight is 645 g/mol. The molecule has 44 heavy (non-hydrogen) atoms. The number of carbonyl (C=O) groups is 2. The molecule has 1 aliphatic rings. The number of para-hydroxylation sites is 1. The van der Waals surface area contributed by atoms with Gasteiger partial charge in [-0.2, -0.15) is 10.1 Å². The van der Waals surface area contributed by atoms with Gasteiger partial charge in [0.15, 0.2) is 12.0 Å². The SMILES string of the molecule is CCOC(=O)C(C)NP(=O)(OC[C@H]1O[C@@H](n2ccc(NOCOC(=O)OC(C)C)nc2=O)[C@](C)(O)[C@@H]1O)Oc1ccccc1. The number of nitrogens with one attached hydrogen (secondary N) is 2. The molecular formula is C26H37N4O13P. The van der Waals surface area contributed by atoms with Crippen molar-refractivity contribution in [1.29, 1.82) is 0 Å². The number of hydrogen-bond donors (Lipinski definition) is 4. The lowest BCUT2D eigenvalue weighted by atomic mass is 9.96.